The van der Waals surface area contributed by atoms with E-state index in [0.29, 0.717) is 23.3 Å². The largest absolute Gasteiger partial charge is 0.355 e. The number of hydrogen-bond donors (Lipinski definition) is 1. The minimum Gasteiger partial charge on any atom is -0.355 e. The van der Waals surface area contributed by atoms with E-state index in [1.54, 1.807) is 23.2 Å². The Kier molecular flexibility index (Phi) is 7.22. The maximum Gasteiger partial charge on any atom is 0.257 e. The van der Waals surface area contributed by atoms with E-state index in [0.717, 1.165) is 12.8 Å². The highest BCUT2D eigenvalue weighted by atomic mass is 79.9. The van der Waals surface area contributed by atoms with Crippen LogP contribution in [0.3, 0.4) is 0 Å². The van der Waals surface area contributed by atoms with Crippen molar-refractivity contribution in [3.05, 3.63) is 28.5 Å². The lowest BCUT2D eigenvalue weighted by molar-refractivity contribution is -0.121. The van der Waals surface area contributed by atoms with E-state index in [2.05, 4.69) is 26.2 Å². The van der Waals surface area contributed by atoms with Gasteiger partial charge in [-0.2, -0.15) is 0 Å². The van der Waals surface area contributed by atoms with Crippen LogP contribution in [0.5, 0.6) is 0 Å². The molecule has 0 spiro atoms. The summed E-state index contributed by atoms with van der Waals surface area (Å²) in [6, 6.07) is 3.41. The molecule has 1 heterocycles. The molecule has 1 rings (SSSR count). The highest BCUT2D eigenvalue weighted by Gasteiger charge is 2.20. The van der Waals surface area contributed by atoms with Gasteiger partial charge in [0.1, 0.15) is 4.60 Å². The fourth-order valence-electron chi connectivity index (χ4n) is 1.73. The summed E-state index contributed by atoms with van der Waals surface area (Å²) in [5, 5.41) is 2.78. The van der Waals surface area contributed by atoms with E-state index < -0.39 is 0 Å². The number of hydrogen-bond acceptors (Lipinski definition) is 3. The van der Waals surface area contributed by atoms with Crippen molar-refractivity contribution in [3.8, 4) is 0 Å². The molecule has 0 bridgehead atoms. The molecule has 0 aliphatic heterocycles. The average Bonchev–Trinajstić information content (AvgIpc) is 2.44. The molecule has 0 saturated carbocycles. The number of nitrogens with one attached hydrogen (secondary N) is 1. The smallest absolute Gasteiger partial charge is 0.257 e. The Morgan fingerprint density at radius 3 is 2.70 bits per heavy atom. The molecule has 0 radical (unpaired) electrons. The summed E-state index contributed by atoms with van der Waals surface area (Å²) in [7, 11) is 0. The first kappa shape index (κ1) is 16.6. The first-order chi connectivity index (χ1) is 9.60. The molecule has 1 aromatic heterocycles. The topological polar surface area (TPSA) is 62.3 Å². The Balaban J connectivity index is 2.77. The fraction of sp³-hybridized carbons (Fsp3) is 0.500. The van der Waals surface area contributed by atoms with E-state index in [9.17, 15) is 9.59 Å². The van der Waals surface area contributed by atoms with Crippen molar-refractivity contribution >= 4 is 27.7 Å². The van der Waals surface area contributed by atoms with Crippen LogP contribution in [0.2, 0.25) is 0 Å². The Bertz CT molecular complexity index is 465. The van der Waals surface area contributed by atoms with Crippen LogP contribution in [0.15, 0.2) is 22.9 Å². The molecule has 2 amide bonds. The highest BCUT2D eigenvalue weighted by Crippen LogP contribution is 2.15. The van der Waals surface area contributed by atoms with E-state index in [1.807, 2.05) is 13.8 Å². The number of pyridine rings is 1. The third-order valence-corrected chi connectivity index (χ3v) is 3.31. The van der Waals surface area contributed by atoms with Gasteiger partial charge in [-0.25, -0.2) is 4.98 Å². The molecule has 110 valence electrons. The van der Waals surface area contributed by atoms with Crippen LogP contribution >= 0.6 is 15.9 Å². The number of aromatic nitrogens is 1. The van der Waals surface area contributed by atoms with Gasteiger partial charge in [-0.15, -0.1) is 0 Å². The van der Waals surface area contributed by atoms with Crippen LogP contribution in [0.4, 0.5) is 0 Å². The average molecular weight is 342 g/mol. The number of nitrogens with zero attached hydrogens (tertiary/aromatic N) is 2. The zero-order valence-electron chi connectivity index (χ0n) is 11.9. The van der Waals surface area contributed by atoms with Gasteiger partial charge in [-0.05, 0) is 40.9 Å². The second-order valence-electron chi connectivity index (χ2n) is 4.42. The van der Waals surface area contributed by atoms with Gasteiger partial charge in [0.15, 0.2) is 0 Å². The number of halogens is 1. The first-order valence-electron chi connectivity index (χ1n) is 6.76. The first-order valence-corrected chi connectivity index (χ1v) is 7.55. The molecule has 0 aromatic carbocycles. The number of carbonyl (C=O) groups is 2. The zero-order valence-corrected chi connectivity index (χ0v) is 13.4. The molecule has 6 heteroatoms. The second kappa shape index (κ2) is 8.68. The number of amides is 2. The van der Waals surface area contributed by atoms with Crippen LogP contribution in [0.1, 0.15) is 37.0 Å². The van der Waals surface area contributed by atoms with Gasteiger partial charge in [0.2, 0.25) is 5.91 Å². The van der Waals surface area contributed by atoms with E-state index >= 15 is 0 Å². The molecular formula is C14H20BrN3O2. The monoisotopic (exact) mass is 341 g/mol. The molecule has 1 N–H and O–H groups in total. The third kappa shape index (κ3) is 4.92. The minimum atomic E-state index is -0.182. The predicted molar refractivity (Wildman–Crippen MR) is 81.4 cm³/mol. The second-order valence-corrected chi connectivity index (χ2v) is 5.17. The molecule has 0 aliphatic carbocycles. The van der Waals surface area contributed by atoms with Crippen molar-refractivity contribution in [1.82, 2.24) is 15.2 Å². The third-order valence-electron chi connectivity index (χ3n) is 2.68. The lowest BCUT2D eigenvalue weighted by Gasteiger charge is -2.22. The van der Waals surface area contributed by atoms with Crippen molar-refractivity contribution in [3.63, 3.8) is 0 Å². The zero-order chi connectivity index (χ0) is 15.0. The Hall–Kier alpha value is -1.43. The van der Waals surface area contributed by atoms with Crippen molar-refractivity contribution < 1.29 is 9.59 Å². The standard InChI is InChI=1S/C14H20BrN3O2/c1-3-7-16-12(19)10-18(9-4-2)14(20)11-6-5-8-17-13(11)15/h5-6,8H,3-4,7,9-10H2,1-2H3,(H,16,19). The molecule has 1 aromatic rings. The number of carbonyl (C=O) groups excluding carboxylic acids is 2. The maximum absolute atomic E-state index is 12.4. The summed E-state index contributed by atoms with van der Waals surface area (Å²) >= 11 is 3.27. The van der Waals surface area contributed by atoms with Crippen molar-refractivity contribution in [2.24, 2.45) is 0 Å². The van der Waals surface area contributed by atoms with Crippen molar-refractivity contribution in [2.75, 3.05) is 19.6 Å². The molecule has 0 aliphatic rings. The van der Waals surface area contributed by atoms with Crippen LogP contribution in [0.25, 0.3) is 0 Å². The van der Waals surface area contributed by atoms with Crippen molar-refractivity contribution in [1.29, 1.82) is 0 Å². The van der Waals surface area contributed by atoms with E-state index in [-0.39, 0.29) is 18.4 Å². The molecule has 0 saturated heterocycles. The SMILES string of the molecule is CCCNC(=O)CN(CCC)C(=O)c1cccnc1Br. The molecule has 0 atom stereocenters. The molecule has 0 fully saturated rings. The summed E-state index contributed by atoms with van der Waals surface area (Å²) in [5.41, 5.74) is 0.476. The highest BCUT2D eigenvalue weighted by molar-refractivity contribution is 9.10. The molecule has 5 nitrogen and oxygen atoms in total. The summed E-state index contributed by atoms with van der Waals surface area (Å²) < 4.78 is 0.500. The Morgan fingerprint density at radius 2 is 2.10 bits per heavy atom. The molecule has 0 unspecified atom stereocenters. The van der Waals surface area contributed by atoms with Gasteiger partial charge in [-0.1, -0.05) is 13.8 Å². The Morgan fingerprint density at radius 1 is 1.35 bits per heavy atom. The maximum atomic E-state index is 12.4. The molecule has 20 heavy (non-hydrogen) atoms. The van der Waals surface area contributed by atoms with Gasteiger partial charge in [0.05, 0.1) is 12.1 Å². The van der Waals surface area contributed by atoms with Crippen LogP contribution in [-0.4, -0.2) is 41.3 Å². The van der Waals surface area contributed by atoms with Gasteiger partial charge >= 0.3 is 0 Å². The van der Waals surface area contributed by atoms with Gasteiger partial charge in [0, 0.05) is 19.3 Å². The van der Waals surface area contributed by atoms with E-state index in [4.69, 9.17) is 0 Å². The molecular weight excluding hydrogens is 322 g/mol. The minimum absolute atomic E-state index is 0.0774. The lowest BCUT2D eigenvalue weighted by atomic mass is 10.2. The lowest BCUT2D eigenvalue weighted by Crippen LogP contribution is -2.41. The summed E-state index contributed by atoms with van der Waals surface area (Å²) in [4.78, 5) is 29.8. The van der Waals surface area contributed by atoms with Gasteiger partial charge in [0.25, 0.3) is 5.91 Å². The summed E-state index contributed by atoms with van der Waals surface area (Å²) in [5.74, 6) is -0.313. The summed E-state index contributed by atoms with van der Waals surface area (Å²) in [6.07, 6.45) is 3.28. The fourth-order valence-corrected chi connectivity index (χ4v) is 2.15. The van der Waals surface area contributed by atoms with Crippen LogP contribution in [-0.2, 0) is 4.79 Å². The van der Waals surface area contributed by atoms with Gasteiger partial charge in [-0.3, -0.25) is 9.59 Å². The van der Waals surface area contributed by atoms with E-state index in [1.165, 1.54) is 0 Å². The summed E-state index contributed by atoms with van der Waals surface area (Å²) in [6.45, 7) is 5.21. The normalized spacial score (nSPS) is 10.2. The predicted octanol–water partition coefficient (Wildman–Crippen LogP) is 2.22. The quantitative estimate of drug-likeness (QED) is 0.773. The van der Waals surface area contributed by atoms with Crippen LogP contribution in [0, 0.1) is 0 Å². The van der Waals surface area contributed by atoms with Crippen molar-refractivity contribution in [2.45, 2.75) is 26.7 Å². The van der Waals surface area contributed by atoms with Gasteiger partial charge < -0.3 is 10.2 Å². The number of rotatable bonds is 7. The van der Waals surface area contributed by atoms with Crippen LogP contribution < -0.4 is 5.32 Å². The Labute approximate surface area is 127 Å².